The first-order chi connectivity index (χ1) is 18.7. The van der Waals surface area contributed by atoms with E-state index in [2.05, 4.69) is 151 Å². The van der Waals surface area contributed by atoms with Gasteiger partial charge in [0.2, 0.25) is 17.1 Å². The van der Waals surface area contributed by atoms with Crippen molar-refractivity contribution in [3.63, 3.8) is 0 Å². The van der Waals surface area contributed by atoms with Gasteiger partial charge in [-0.3, -0.25) is 4.98 Å². The smallest absolute Gasteiger partial charge is 0.219 e. The van der Waals surface area contributed by atoms with Crippen LogP contribution in [0.4, 0.5) is 0 Å². The molecule has 0 radical (unpaired) electrons. The van der Waals surface area contributed by atoms with Crippen LogP contribution in [0.15, 0.2) is 140 Å². The van der Waals surface area contributed by atoms with Crippen LogP contribution < -0.4 is 4.57 Å². The standard InChI is InChI=1S/C36H29N2/c1-26-22-31(23-27(2)36(26)30-16-10-5-11-17-30)32-24-34(28-12-6-3-7-13-28)38(33-18-20-37-21-19-33)35(25-32)29-14-8-4-9-15-29/h3-25H,1-2H3/q+1. The van der Waals surface area contributed by atoms with Gasteiger partial charge in [0.25, 0.3) is 0 Å². The third-order valence-electron chi connectivity index (χ3n) is 7.05. The molecule has 0 spiro atoms. The second-order valence-electron chi connectivity index (χ2n) is 9.64. The summed E-state index contributed by atoms with van der Waals surface area (Å²) < 4.78 is 2.34. The van der Waals surface area contributed by atoms with E-state index in [1.165, 1.54) is 33.4 Å². The molecule has 2 aromatic heterocycles. The zero-order valence-electron chi connectivity index (χ0n) is 21.7. The normalized spacial score (nSPS) is 10.9. The summed E-state index contributed by atoms with van der Waals surface area (Å²) in [5, 5.41) is 0. The minimum atomic E-state index is 1.08. The highest BCUT2D eigenvalue weighted by Gasteiger charge is 2.25. The Morgan fingerprint density at radius 2 is 0.868 bits per heavy atom. The average Bonchev–Trinajstić information content (AvgIpc) is 2.98. The van der Waals surface area contributed by atoms with Gasteiger partial charge in [-0.25, -0.2) is 0 Å². The number of aromatic nitrogens is 2. The number of hydrogen-bond donors (Lipinski definition) is 0. The Bertz CT molecular complexity index is 1610. The molecule has 2 nitrogen and oxygen atoms in total. The van der Waals surface area contributed by atoms with Crippen LogP contribution in [0.2, 0.25) is 0 Å². The van der Waals surface area contributed by atoms with Gasteiger partial charge in [0.15, 0.2) is 0 Å². The third kappa shape index (κ3) is 4.53. The lowest BCUT2D eigenvalue weighted by Gasteiger charge is -2.15. The van der Waals surface area contributed by atoms with Crippen molar-refractivity contribution in [2.24, 2.45) is 0 Å². The van der Waals surface area contributed by atoms with Crippen molar-refractivity contribution < 1.29 is 4.57 Å². The van der Waals surface area contributed by atoms with E-state index in [4.69, 9.17) is 0 Å². The summed E-state index contributed by atoms with van der Waals surface area (Å²) in [5.74, 6) is 0. The zero-order valence-corrected chi connectivity index (χ0v) is 21.7. The molecule has 0 aliphatic heterocycles. The van der Waals surface area contributed by atoms with Crippen LogP contribution in [0.3, 0.4) is 0 Å². The molecule has 0 unspecified atom stereocenters. The SMILES string of the molecule is Cc1cc(-c2cc(-c3ccccc3)[n+](-c3ccncc3)c(-c3ccccc3)c2)cc(C)c1-c1ccccc1. The zero-order chi connectivity index (χ0) is 25.9. The second kappa shape index (κ2) is 10.3. The fourth-order valence-electron chi connectivity index (χ4n) is 5.37. The quantitative estimate of drug-likeness (QED) is 0.221. The second-order valence-corrected chi connectivity index (χ2v) is 9.64. The van der Waals surface area contributed by atoms with Crippen LogP contribution in [-0.4, -0.2) is 4.98 Å². The Labute approximate surface area is 224 Å². The molecule has 0 bridgehead atoms. The van der Waals surface area contributed by atoms with Gasteiger partial charge in [0.05, 0.1) is 0 Å². The van der Waals surface area contributed by atoms with Crippen LogP contribution in [0, 0.1) is 13.8 Å². The molecule has 6 rings (SSSR count). The highest BCUT2D eigenvalue weighted by atomic mass is 15.0. The minimum Gasteiger partial charge on any atom is -0.264 e. The Kier molecular flexibility index (Phi) is 6.37. The van der Waals surface area contributed by atoms with Crippen molar-refractivity contribution >= 4 is 0 Å². The van der Waals surface area contributed by atoms with Crippen molar-refractivity contribution in [1.82, 2.24) is 4.98 Å². The van der Waals surface area contributed by atoms with Gasteiger partial charge in [0, 0.05) is 47.8 Å². The number of hydrogen-bond acceptors (Lipinski definition) is 1. The molecular weight excluding hydrogens is 460 g/mol. The van der Waals surface area contributed by atoms with Crippen molar-refractivity contribution in [2.45, 2.75) is 13.8 Å². The molecule has 0 fully saturated rings. The lowest BCUT2D eigenvalue weighted by Crippen LogP contribution is -2.36. The lowest BCUT2D eigenvalue weighted by atomic mass is 9.90. The Balaban J connectivity index is 1.63. The molecule has 182 valence electrons. The summed E-state index contributed by atoms with van der Waals surface area (Å²) in [4.78, 5) is 4.28. The van der Waals surface area contributed by atoms with E-state index in [0.717, 1.165) is 28.2 Å². The number of aryl methyl sites for hydroxylation is 2. The van der Waals surface area contributed by atoms with Crippen LogP contribution in [0.5, 0.6) is 0 Å². The van der Waals surface area contributed by atoms with E-state index >= 15 is 0 Å². The molecule has 2 heteroatoms. The number of pyridine rings is 2. The third-order valence-corrected chi connectivity index (χ3v) is 7.05. The molecule has 4 aromatic carbocycles. The van der Waals surface area contributed by atoms with E-state index < -0.39 is 0 Å². The van der Waals surface area contributed by atoms with Gasteiger partial charge in [-0.1, -0.05) is 78.9 Å². The van der Waals surface area contributed by atoms with Crippen molar-refractivity contribution in [1.29, 1.82) is 0 Å². The maximum Gasteiger partial charge on any atom is 0.219 e. The van der Waals surface area contributed by atoms with E-state index in [1.54, 1.807) is 0 Å². The van der Waals surface area contributed by atoms with Crippen molar-refractivity contribution in [3.05, 3.63) is 151 Å². The molecule has 0 aliphatic carbocycles. The first-order valence-electron chi connectivity index (χ1n) is 13.0. The first-order valence-corrected chi connectivity index (χ1v) is 13.0. The van der Waals surface area contributed by atoms with Gasteiger partial charge in [-0.15, -0.1) is 0 Å². The molecule has 0 amide bonds. The van der Waals surface area contributed by atoms with Crippen LogP contribution in [0.1, 0.15) is 11.1 Å². The maximum atomic E-state index is 4.28. The number of benzene rings is 4. The summed E-state index contributed by atoms with van der Waals surface area (Å²) in [6.45, 7) is 4.43. The summed E-state index contributed by atoms with van der Waals surface area (Å²) >= 11 is 0. The van der Waals surface area contributed by atoms with Gasteiger partial charge in [-0.05, 0) is 71.5 Å². The highest BCUT2D eigenvalue weighted by Crippen LogP contribution is 2.35. The molecule has 38 heavy (non-hydrogen) atoms. The molecule has 0 N–H and O–H groups in total. The summed E-state index contributed by atoms with van der Waals surface area (Å²) in [6.07, 6.45) is 3.71. The van der Waals surface area contributed by atoms with E-state index in [1.807, 2.05) is 12.4 Å². The fraction of sp³-hybridized carbons (Fsp3) is 0.0556. The molecule has 0 atom stereocenters. The summed E-state index contributed by atoms with van der Waals surface area (Å²) in [7, 11) is 0. The first kappa shape index (κ1) is 23.6. The van der Waals surface area contributed by atoms with Crippen LogP contribution in [-0.2, 0) is 0 Å². The number of nitrogens with zero attached hydrogens (tertiary/aromatic N) is 2. The van der Waals surface area contributed by atoms with Gasteiger partial charge in [0.1, 0.15) is 0 Å². The monoisotopic (exact) mass is 489 g/mol. The molecule has 0 saturated carbocycles. The highest BCUT2D eigenvalue weighted by molar-refractivity contribution is 5.79. The predicted molar refractivity (Wildman–Crippen MR) is 157 cm³/mol. The van der Waals surface area contributed by atoms with E-state index in [9.17, 15) is 0 Å². The van der Waals surface area contributed by atoms with Gasteiger partial charge in [-0.2, -0.15) is 4.57 Å². The van der Waals surface area contributed by atoms with Gasteiger partial charge >= 0.3 is 0 Å². The van der Waals surface area contributed by atoms with E-state index in [-0.39, 0.29) is 0 Å². The van der Waals surface area contributed by atoms with Gasteiger partial charge < -0.3 is 0 Å². The summed E-state index contributed by atoms with van der Waals surface area (Å²) in [5.41, 5.74) is 13.2. The largest absolute Gasteiger partial charge is 0.264 e. The van der Waals surface area contributed by atoms with Crippen LogP contribution in [0.25, 0.3) is 50.5 Å². The Morgan fingerprint density at radius 1 is 0.447 bits per heavy atom. The van der Waals surface area contributed by atoms with E-state index in [0.29, 0.717) is 0 Å². The maximum absolute atomic E-state index is 4.28. The number of rotatable bonds is 5. The average molecular weight is 490 g/mol. The van der Waals surface area contributed by atoms with Crippen molar-refractivity contribution in [2.75, 3.05) is 0 Å². The molecule has 6 aromatic rings. The van der Waals surface area contributed by atoms with Crippen LogP contribution >= 0.6 is 0 Å². The molecule has 0 aliphatic rings. The summed E-state index contributed by atoms with van der Waals surface area (Å²) in [6, 6.07) is 45.4. The molecule has 2 heterocycles. The molecular formula is C36H29N2+. The fourth-order valence-corrected chi connectivity index (χ4v) is 5.37. The van der Waals surface area contributed by atoms with Crippen molar-refractivity contribution in [3.8, 4) is 50.5 Å². The predicted octanol–water partition coefficient (Wildman–Crippen LogP) is 8.64. The lowest BCUT2D eigenvalue weighted by molar-refractivity contribution is -0.572. The molecule has 0 saturated heterocycles. The Morgan fingerprint density at radius 3 is 1.34 bits per heavy atom. The minimum absolute atomic E-state index is 1.08. The Hall–Kier alpha value is -4.82. The topological polar surface area (TPSA) is 16.8 Å².